The Morgan fingerprint density at radius 3 is 2.62 bits per heavy atom. The van der Waals surface area contributed by atoms with E-state index < -0.39 is 5.97 Å². The zero-order valence-corrected chi connectivity index (χ0v) is 20.7. The minimum absolute atomic E-state index is 0.0458. The Bertz CT molecular complexity index is 1490. The lowest BCUT2D eigenvalue weighted by atomic mass is 9.84. The number of hydrogen-bond acceptors (Lipinski definition) is 9. The lowest BCUT2D eigenvalue weighted by Crippen LogP contribution is -2.21. The van der Waals surface area contributed by atoms with Crippen LogP contribution in [0.3, 0.4) is 0 Å². The van der Waals surface area contributed by atoms with E-state index >= 15 is 0 Å². The molecule has 11 nitrogen and oxygen atoms in total. The van der Waals surface area contributed by atoms with Gasteiger partial charge in [0.1, 0.15) is 17.5 Å². The molecule has 0 atom stereocenters. The van der Waals surface area contributed by atoms with Crippen LogP contribution in [0.25, 0.3) is 22.6 Å². The maximum atomic E-state index is 11.0. The quantitative estimate of drug-likeness (QED) is 0.349. The van der Waals surface area contributed by atoms with Gasteiger partial charge in [0, 0.05) is 23.1 Å². The van der Waals surface area contributed by atoms with E-state index in [1.54, 1.807) is 35.1 Å². The van der Waals surface area contributed by atoms with Crippen LogP contribution >= 0.6 is 0 Å². The SMILES string of the molecule is COc1c(C#N)cccc1-c1cc(-c2cn(Cc3cccc(C(C)(C)CCC(=O)O)n3)nn2)nc(N)n1. The molecule has 188 valence electrons. The number of rotatable bonds is 9. The standard InChI is InChI=1S/C26H26N8O3/c1-26(2,11-10-23(35)36)22-9-5-7-17(29-22)14-34-15-21(32-33-34)20-12-19(30-25(28)31-20)18-8-4-6-16(13-27)24(18)37-3/h4-9,12,15H,10-11,14H2,1-3H3,(H,35,36)(H2,28,30,31). The van der Waals surface area contributed by atoms with E-state index in [1.165, 1.54) is 7.11 Å². The highest BCUT2D eigenvalue weighted by Gasteiger charge is 2.23. The third kappa shape index (κ3) is 5.70. The number of hydrogen-bond donors (Lipinski definition) is 2. The largest absolute Gasteiger partial charge is 0.495 e. The monoisotopic (exact) mass is 498 g/mol. The Morgan fingerprint density at radius 1 is 1.14 bits per heavy atom. The first-order valence-corrected chi connectivity index (χ1v) is 11.5. The molecule has 0 unspecified atom stereocenters. The molecule has 0 aliphatic carbocycles. The number of nitrogens with zero attached hydrogens (tertiary/aromatic N) is 7. The fourth-order valence-electron chi connectivity index (χ4n) is 3.93. The number of pyridine rings is 1. The lowest BCUT2D eigenvalue weighted by molar-refractivity contribution is -0.137. The van der Waals surface area contributed by atoms with Crippen LogP contribution in [0, 0.1) is 11.3 Å². The molecular weight excluding hydrogens is 472 g/mol. The van der Waals surface area contributed by atoms with E-state index in [1.807, 2.05) is 32.0 Å². The molecule has 4 aromatic rings. The maximum Gasteiger partial charge on any atom is 0.303 e. The number of aromatic nitrogens is 6. The first-order chi connectivity index (χ1) is 17.7. The van der Waals surface area contributed by atoms with Gasteiger partial charge in [-0.2, -0.15) is 5.26 Å². The smallest absolute Gasteiger partial charge is 0.303 e. The summed E-state index contributed by atoms with van der Waals surface area (Å²) in [4.78, 5) is 24.4. The van der Waals surface area contributed by atoms with Crippen molar-refractivity contribution >= 4 is 11.9 Å². The van der Waals surface area contributed by atoms with Gasteiger partial charge in [-0.15, -0.1) is 5.10 Å². The normalized spacial score (nSPS) is 11.2. The van der Waals surface area contributed by atoms with Crippen molar-refractivity contribution in [3.8, 4) is 34.5 Å². The zero-order valence-electron chi connectivity index (χ0n) is 20.7. The minimum atomic E-state index is -0.830. The number of benzene rings is 1. The third-order valence-corrected chi connectivity index (χ3v) is 5.95. The molecule has 3 aromatic heterocycles. The topological polar surface area (TPSA) is 166 Å². The molecule has 0 bridgehead atoms. The van der Waals surface area contributed by atoms with Gasteiger partial charge in [0.05, 0.1) is 42.5 Å². The van der Waals surface area contributed by atoms with Crippen molar-refractivity contribution in [2.24, 2.45) is 0 Å². The molecule has 1 aromatic carbocycles. The minimum Gasteiger partial charge on any atom is -0.495 e. The number of carboxylic acids is 1. The average Bonchev–Trinajstić information content (AvgIpc) is 3.35. The lowest BCUT2D eigenvalue weighted by Gasteiger charge is -2.23. The second-order valence-electron chi connectivity index (χ2n) is 9.09. The van der Waals surface area contributed by atoms with E-state index in [0.717, 1.165) is 11.4 Å². The summed E-state index contributed by atoms with van der Waals surface area (Å²) in [5.41, 5.74) is 9.62. The summed E-state index contributed by atoms with van der Waals surface area (Å²) in [6.45, 7) is 4.32. The predicted octanol–water partition coefficient (Wildman–Crippen LogP) is 3.45. The van der Waals surface area contributed by atoms with Gasteiger partial charge in [0.25, 0.3) is 0 Å². The fourth-order valence-corrected chi connectivity index (χ4v) is 3.93. The molecule has 0 spiro atoms. The van der Waals surface area contributed by atoms with Crippen LogP contribution in [0.1, 0.15) is 43.6 Å². The summed E-state index contributed by atoms with van der Waals surface area (Å²) in [6.07, 6.45) is 2.28. The number of para-hydroxylation sites is 1. The number of nitriles is 1. The average molecular weight is 499 g/mol. The van der Waals surface area contributed by atoms with E-state index in [9.17, 15) is 10.1 Å². The van der Waals surface area contributed by atoms with Crippen molar-refractivity contribution in [2.75, 3.05) is 12.8 Å². The summed E-state index contributed by atoms with van der Waals surface area (Å²) in [5.74, 6) is -0.386. The van der Waals surface area contributed by atoms with Crippen molar-refractivity contribution in [1.29, 1.82) is 5.26 Å². The second kappa shape index (κ2) is 10.4. The van der Waals surface area contributed by atoms with Gasteiger partial charge in [-0.05, 0) is 36.8 Å². The van der Waals surface area contributed by atoms with Gasteiger partial charge in [0.2, 0.25) is 5.95 Å². The molecule has 0 saturated carbocycles. The van der Waals surface area contributed by atoms with Crippen LogP contribution < -0.4 is 10.5 Å². The number of nitrogens with two attached hydrogens (primary N) is 1. The second-order valence-corrected chi connectivity index (χ2v) is 9.09. The highest BCUT2D eigenvalue weighted by molar-refractivity contribution is 5.74. The molecule has 37 heavy (non-hydrogen) atoms. The maximum absolute atomic E-state index is 11.0. The summed E-state index contributed by atoms with van der Waals surface area (Å²) < 4.78 is 7.09. The molecular formula is C26H26N8O3. The van der Waals surface area contributed by atoms with E-state index in [-0.39, 0.29) is 17.8 Å². The molecule has 0 aliphatic rings. The molecule has 3 N–H and O–H groups in total. The van der Waals surface area contributed by atoms with Crippen LogP contribution in [0.15, 0.2) is 48.7 Å². The van der Waals surface area contributed by atoms with Gasteiger partial charge >= 0.3 is 5.97 Å². The molecule has 3 heterocycles. The zero-order chi connectivity index (χ0) is 26.6. The van der Waals surface area contributed by atoms with Gasteiger partial charge in [-0.25, -0.2) is 14.6 Å². The summed E-state index contributed by atoms with van der Waals surface area (Å²) >= 11 is 0. The van der Waals surface area contributed by atoms with Crippen LogP contribution in [0.4, 0.5) is 5.95 Å². The highest BCUT2D eigenvalue weighted by atomic mass is 16.5. The number of ether oxygens (including phenoxy) is 1. The Labute approximate surface area is 213 Å². The Kier molecular flexibility index (Phi) is 7.11. The summed E-state index contributed by atoms with van der Waals surface area (Å²) in [7, 11) is 1.49. The molecule has 0 fully saturated rings. The first-order valence-electron chi connectivity index (χ1n) is 11.5. The van der Waals surface area contributed by atoms with Crippen LogP contribution in [-0.4, -0.2) is 48.1 Å². The summed E-state index contributed by atoms with van der Waals surface area (Å²) in [6, 6.07) is 14.7. The van der Waals surface area contributed by atoms with E-state index in [2.05, 4.69) is 26.3 Å². The fraction of sp³-hybridized carbons (Fsp3) is 0.269. The molecule has 0 amide bonds. The van der Waals surface area contributed by atoms with Gasteiger partial charge < -0.3 is 15.6 Å². The van der Waals surface area contributed by atoms with Crippen molar-refractivity contribution in [2.45, 2.75) is 38.6 Å². The van der Waals surface area contributed by atoms with Gasteiger partial charge in [-0.1, -0.05) is 31.2 Å². The first kappa shape index (κ1) is 25.2. The summed E-state index contributed by atoms with van der Waals surface area (Å²) in [5, 5.41) is 26.9. The van der Waals surface area contributed by atoms with Crippen LogP contribution in [0.5, 0.6) is 5.75 Å². The van der Waals surface area contributed by atoms with Crippen molar-refractivity contribution in [3.63, 3.8) is 0 Å². The Hall–Kier alpha value is -4.85. The Morgan fingerprint density at radius 2 is 1.89 bits per heavy atom. The van der Waals surface area contributed by atoms with Crippen molar-refractivity contribution in [1.82, 2.24) is 29.9 Å². The Balaban J connectivity index is 1.60. The molecule has 4 rings (SSSR count). The van der Waals surface area contributed by atoms with Gasteiger partial charge in [0.15, 0.2) is 0 Å². The number of aliphatic carboxylic acids is 1. The predicted molar refractivity (Wildman–Crippen MR) is 135 cm³/mol. The number of anilines is 1. The molecule has 0 saturated heterocycles. The van der Waals surface area contributed by atoms with Crippen molar-refractivity contribution in [3.05, 3.63) is 65.6 Å². The number of carboxylic acid groups (broad SMARTS) is 1. The van der Waals surface area contributed by atoms with E-state index in [4.69, 9.17) is 20.6 Å². The van der Waals surface area contributed by atoms with Crippen LogP contribution in [-0.2, 0) is 16.8 Å². The van der Waals surface area contributed by atoms with Crippen molar-refractivity contribution < 1.29 is 14.6 Å². The number of carbonyl (C=O) groups is 1. The molecule has 0 radical (unpaired) electrons. The highest BCUT2D eigenvalue weighted by Crippen LogP contribution is 2.33. The van der Waals surface area contributed by atoms with Crippen LogP contribution in [0.2, 0.25) is 0 Å². The third-order valence-electron chi connectivity index (χ3n) is 5.95. The van der Waals surface area contributed by atoms with E-state index in [0.29, 0.717) is 46.9 Å². The molecule has 0 aliphatic heterocycles. The van der Waals surface area contributed by atoms with Gasteiger partial charge in [-0.3, -0.25) is 9.78 Å². The molecule has 11 heteroatoms. The number of nitrogen functional groups attached to an aromatic ring is 1. The number of methoxy groups -OCH3 is 1.